The number of nitrogens with one attached hydrogen (secondary N) is 1. The summed E-state index contributed by atoms with van der Waals surface area (Å²) >= 11 is 1.69. The first kappa shape index (κ1) is 19.5. The van der Waals surface area contributed by atoms with E-state index in [1.54, 1.807) is 11.3 Å². The van der Waals surface area contributed by atoms with E-state index in [0.717, 1.165) is 33.0 Å². The van der Waals surface area contributed by atoms with Crippen molar-refractivity contribution in [1.29, 1.82) is 0 Å². The van der Waals surface area contributed by atoms with E-state index in [1.807, 2.05) is 6.33 Å². The van der Waals surface area contributed by atoms with Gasteiger partial charge in [0.25, 0.3) is 0 Å². The van der Waals surface area contributed by atoms with E-state index in [9.17, 15) is 4.79 Å². The second-order valence-electron chi connectivity index (χ2n) is 9.60. The zero-order valence-corrected chi connectivity index (χ0v) is 18.8. The average molecular weight is 425 g/mol. The molecule has 1 saturated heterocycles. The third-order valence-electron chi connectivity index (χ3n) is 6.00. The van der Waals surface area contributed by atoms with Crippen molar-refractivity contribution in [3.8, 4) is 17.0 Å². The number of amides is 1. The predicted octanol–water partition coefficient (Wildman–Crippen LogP) is 4.70. The van der Waals surface area contributed by atoms with Gasteiger partial charge in [-0.1, -0.05) is 20.8 Å². The molecule has 1 amide bonds. The molecule has 2 aromatic heterocycles. The molecule has 0 radical (unpaired) electrons. The van der Waals surface area contributed by atoms with Crippen molar-refractivity contribution in [3.05, 3.63) is 28.8 Å². The maximum absolute atomic E-state index is 11.7. The summed E-state index contributed by atoms with van der Waals surface area (Å²) in [5.41, 5.74) is 4.00. The first-order chi connectivity index (χ1) is 14.3. The summed E-state index contributed by atoms with van der Waals surface area (Å²) in [7, 11) is 0. The second kappa shape index (κ2) is 7.08. The molecule has 1 aliphatic carbocycles. The van der Waals surface area contributed by atoms with Crippen LogP contribution >= 0.6 is 11.3 Å². The van der Waals surface area contributed by atoms with Gasteiger partial charge >= 0.3 is 0 Å². The monoisotopic (exact) mass is 424 g/mol. The van der Waals surface area contributed by atoms with Gasteiger partial charge in [-0.25, -0.2) is 9.97 Å². The Morgan fingerprint density at radius 1 is 1.30 bits per heavy atom. The summed E-state index contributed by atoms with van der Waals surface area (Å²) in [5, 5.41) is 6.15. The molecule has 2 unspecified atom stereocenters. The number of imidazole rings is 1. The van der Waals surface area contributed by atoms with Crippen molar-refractivity contribution >= 4 is 28.3 Å². The van der Waals surface area contributed by atoms with Crippen molar-refractivity contribution < 1.29 is 9.53 Å². The lowest BCUT2D eigenvalue weighted by Crippen LogP contribution is -2.25. The molecule has 1 aliphatic heterocycles. The highest BCUT2D eigenvalue weighted by molar-refractivity contribution is 7.10. The van der Waals surface area contributed by atoms with Crippen LogP contribution in [0.5, 0.6) is 5.75 Å². The summed E-state index contributed by atoms with van der Waals surface area (Å²) in [5.74, 6) is 1.12. The van der Waals surface area contributed by atoms with Crippen LogP contribution in [0.25, 0.3) is 22.3 Å². The fourth-order valence-electron chi connectivity index (χ4n) is 4.01. The molecule has 1 saturated carbocycles. The van der Waals surface area contributed by atoms with Crippen molar-refractivity contribution in [1.82, 2.24) is 19.9 Å². The standard InChI is InChI=1S/C23H28N4O2S/c1-13(15-9-20(28)24-10-15)29-19-8-14(18-11-30-22(26-18)23(2,3)4)7-17-21(19)27(12-25-17)16-5-6-16/h7-8,11-13,15-16H,5-6,9-10H2,1-4H3,(H,24,28). The molecule has 6 nitrogen and oxygen atoms in total. The fraction of sp³-hybridized carbons (Fsp3) is 0.522. The van der Waals surface area contributed by atoms with E-state index >= 15 is 0 Å². The lowest BCUT2D eigenvalue weighted by atomic mass is 9.98. The van der Waals surface area contributed by atoms with Crippen LogP contribution in [0.2, 0.25) is 0 Å². The molecule has 2 atom stereocenters. The Hall–Kier alpha value is -2.41. The van der Waals surface area contributed by atoms with E-state index in [0.29, 0.717) is 19.0 Å². The van der Waals surface area contributed by atoms with Gasteiger partial charge in [0.2, 0.25) is 5.91 Å². The van der Waals surface area contributed by atoms with Crippen LogP contribution in [-0.4, -0.2) is 33.1 Å². The van der Waals surface area contributed by atoms with Gasteiger partial charge in [-0.2, -0.15) is 0 Å². The Morgan fingerprint density at radius 3 is 2.73 bits per heavy atom. The summed E-state index contributed by atoms with van der Waals surface area (Å²) in [4.78, 5) is 21.3. The number of fused-ring (bicyclic) bond motifs is 1. The maximum Gasteiger partial charge on any atom is 0.220 e. The number of hydrogen-bond donors (Lipinski definition) is 1. The van der Waals surface area contributed by atoms with Crippen LogP contribution in [-0.2, 0) is 10.2 Å². The highest BCUT2D eigenvalue weighted by atomic mass is 32.1. The average Bonchev–Trinajstić information content (AvgIpc) is 3.10. The zero-order chi connectivity index (χ0) is 21.0. The molecule has 30 heavy (non-hydrogen) atoms. The Kier molecular flexibility index (Phi) is 4.61. The van der Waals surface area contributed by atoms with Gasteiger partial charge in [0.15, 0.2) is 0 Å². The molecule has 1 aromatic carbocycles. The number of ether oxygens (including phenoxy) is 1. The molecule has 3 heterocycles. The number of rotatable bonds is 5. The third kappa shape index (κ3) is 3.60. The fourth-order valence-corrected chi connectivity index (χ4v) is 4.92. The number of nitrogens with zero attached hydrogens (tertiary/aromatic N) is 3. The number of thiazole rings is 1. The molecule has 0 bridgehead atoms. The van der Waals surface area contributed by atoms with Crippen LogP contribution in [0.1, 0.15) is 58.0 Å². The van der Waals surface area contributed by atoms with Crippen molar-refractivity contribution in [3.63, 3.8) is 0 Å². The number of carbonyl (C=O) groups excluding carboxylic acids is 1. The SMILES string of the molecule is CC(Oc1cc(-c2csc(C(C)(C)C)n2)cc2ncn(C3CC3)c12)C1CNC(=O)C1. The molecular weight excluding hydrogens is 396 g/mol. The van der Waals surface area contributed by atoms with E-state index in [2.05, 4.69) is 55.1 Å². The Morgan fingerprint density at radius 2 is 2.10 bits per heavy atom. The quantitative estimate of drug-likeness (QED) is 0.645. The predicted molar refractivity (Wildman–Crippen MR) is 119 cm³/mol. The molecule has 2 fully saturated rings. The maximum atomic E-state index is 11.7. The topological polar surface area (TPSA) is 69.0 Å². The highest BCUT2D eigenvalue weighted by Gasteiger charge is 2.31. The number of benzene rings is 1. The molecule has 0 spiro atoms. The molecule has 7 heteroatoms. The van der Waals surface area contributed by atoms with Gasteiger partial charge in [0.1, 0.15) is 17.4 Å². The normalized spacial score (nSPS) is 20.5. The number of hydrogen-bond acceptors (Lipinski definition) is 5. The van der Waals surface area contributed by atoms with Gasteiger partial charge in [-0.05, 0) is 31.9 Å². The molecule has 1 N–H and O–H groups in total. The van der Waals surface area contributed by atoms with E-state index in [4.69, 9.17) is 14.7 Å². The highest BCUT2D eigenvalue weighted by Crippen LogP contribution is 2.42. The van der Waals surface area contributed by atoms with E-state index in [1.165, 1.54) is 12.8 Å². The summed E-state index contributed by atoms with van der Waals surface area (Å²) < 4.78 is 8.75. The Balaban J connectivity index is 1.55. The van der Waals surface area contributed by atoms with E-state index in [-0.39, 0.29) is 23.3 Å². The smallest absolute Gasteiger partial charge is 0.220 e. The first-order valence-electron chi connectivity index (χ1n) is 10.7. The minimum absolute atomic E-state index is 0.0242. The van der Waals surface area contributed by atoms with Crippen molar-refractivity contribution in [2.75, 3.05) is 6.54 Å². The minimum atomic E-state index is -0.0643. The van der Waals surface area contributed by atoms with Gasteiger partial charge < -0.3 is 14.6 Å². The second-order valence-corrected chi connectivity index (χ2v) is 10.5. The molecule has 5 rings (SSSR count). The van der Waals surface area contributed by atoms with Crippen LogP contribution in [0.3, 0.4) is 0 Å². The van der Waals surface area contributed by atoms with Gasteiger partial charge in [0.05, 0.1) is 22.5 Å². The van der Waals surface area contributed by atoms with Gasteiger partial charge in [-0.3, -0.25) is 4.79 Å². The summed E-state index contributed by atoms with van der Waals surface area (Å²) in [6.45, 7) is 9.28. The van der Waals surface area contributed by atoms with Gasteiger partial charge in [0, 0.05) is 41.3 Å². The molecular formula is C23H28N4O2S. The van der Waals surface area contributed by atoms with Gasteiger partial charge in [-0.15, -0.1) is 11.3 Å². The minimum Gasteiger partial charge on any atom is -0.488 e. The van der Waals surface area contributed by atoms with Crippen LogP contribution in [0.15, 0.2) is 23.8 Å². The lowest BCUT2D eigenvalue weighted by molar-refractivity contribution is -0.119. The van der Waals surface area contributed by atoms with Crippen LogP contribution < -0.4 is 10.1 Å². The van der Waals surface area contributed by atoms with Crippen molar-refractivity contribution in [2.45, 2.75) is 64.5 Å². The first-order valence-corrected chi connectivity index (χ1v) is 11.6. The number of carbonyl (C=O) groups is 1. The molecule has 158 valence electrons. The Labute approximate surface area is 180 Å². The zero-order valence-electron chi connectivity index (χ0n) is 17.9. The van der Waals surface area contributed by atoms with Crippen LogP contribution in [0, 0.1) is 5.92 Å². The number of aromatic nitrogens is 3. The van der Waals surface area contributed by atoms with Crippen LogP contribution in [0.4, 0.5) is 0 Å². The summed E-state index contributed by atoms with van der Waals surface area (Å²) in [6.07, 6.45) is 4.76. The van der Waals surface area contributed by atoms with Crippen molar-refractivity contribution in [2.24, 2.45) is 5.92 Å². The largest absolute Gasteiger partial charge is 0.488 e. The molecule has 2 aliphatic rings. The third-order valence-corrected chi connectivity index (χ3v) is 7.27. The van der Waals surface area contributed by atoms with E-state index < -0.39 is 0 Å². The Bertz CT molecular complexity index is 1110. The molecule has 3 aromatic rings. The summed E-state index contributed by atoms with van der Waals surface area (Å²) in [6, 6.07) is 4.74. The lowest BCUT2D eigenvalue weighted by Gasteiger charge is -2.21.